The fourth-order valence-corrected chi connectivity index (χ4v) is 2.89. The monoisotopic (exact) mass is 393 g/mol. The smallest absolute Gasteiger partial charge is 0.274 e. The summed E-state index contributed by atoms with van der Waals surface area (Å²) < 4.78 is 8.36. The fourth-order valence-electron chi connectivity index (χ4n) is 2.89. The lowest BCUT2D eigenvalue weighted by Gasteiger charge is -2.08. The average molecular weight is 393 g/mol. The van der Waals surface area contributed by atoms with Crippen LogP contribution in [0.15, 0.2) is 64.5 Å². The molecule has 0 aliphatic carbocycles. The third kappa shape index (κ3) is 4.55. The molecule has 0 aliphatic heterocycles. The van der Waals surface area contributed by atoms with Crippen LogP contribution in [-0.2, 0) is 11.8 Å². The van der Waals surface area contributed by atoms with E-state index < -0.39 is 0 Å². The topological polar surface area (TPSA) is 89.7 Å². The molecule has 8 nitrogen and oxygen atoms in total. The number of carbonyl (C=O) groups is 1. The number of benzene rings is 2. The van der Waals surface area contributed by atoms with Gasteiger partial charge in [-0.05, 0) is 43.3 Å². The molecule has 1 heterocycles. The van der Waals surface area contributed by atoms with Crippen LogP contribution in [0.1, 0.15) is 11.3 Å². The standard InChI is InChI=1S/C21H23N5O3/c1-15-19(25(2)26(21(15)28)17-7-5-4-6-8-17)13-23-24-20(27)14-22-16-9-11-18(29-3)12-10-16/h4-13,22H,14H2,1-3H3,(H,24,27)/b23-13-. The minimum atomic E-state index is -0.304. The molecule has 2 aromatic carbocycles. The first-order valence-electron chi connectivity index (χ1n) is 9.05. The second-order valence-electron chi connectivity index (χ2n) is 6.36. The number of para-hydroxylation sites is 1. The van der Waals surface area contributed by atoms with Crippen molar-refractivity contribution in [2.75, 3.05) is 19.0 Å². The van der Waals surface area contributed by atoms with Gasteiger partial charge in [0.2, 0.25) is 0 Å². The van der Waals surface area contributed by atoms with Crippen molar-refractivity contribution >= 4 is 17.8 Å². The summed E-state index contributed by atoms with van der Waals surface area (Å²) in [5.41, 5.74) is 5.05. The predicted octanol–water partition coefficient (Wildman–Crippen LogP) is 2.06. The van der Waals surface area contributed by atoms with Crippen LogP contribution in [0.3, 0.4) is 0 Å². The number of amides is 1. The molecule has 0 saturated heterocycles. The molecule has 1 amide bonds. The molecule has 0 spiro atoms. The Kier molecular flexibility index (Phi) is 6.13. The summed E-state index contributed by atoms with van der Waals surface area (Å²) in [6, 6.07) is 16.6. The van der Waals surface area contributed by atoms with Gasteiger partial charge >= 0.3 is 0 Å². The summed E-state index contributed by atoms with van der Waals surface area (Å²) in [6.07, 6.45) is 1.47. The van der Waals surface area contributed by atoms with Crippen LogP contribution >= 0.6 is 0 Å². The van der Waals surface area contributed by atoms with Crippen LogP contribution in [0, 0.1) is 6.92 Å². The maximum Gasteiger partial charge on any atom is 0.274 e. The van der Waals surface area contributed by atoms with Crippen molar-refractivity contribution in [1.29, 1.82) is 0 Å². The molecule has 150 valence electrons. The van der Waals surface area contributed by atoms with Crippen molar-refractivity contribution in [2.24, 2.45) is 12.1 Å². The minimum absolute atomic E-state index is 0.0621. The molecule has 3 aromatic rings. The maximum absolute atomic E-state index is 12.6. The molecular formula is C21H23N5O3. The highest BCUT2D eigenvalue weighted by Crippen LogP contribution is 2.14. The third-order valence-corrected chi connectivity index (χ3v) is 4.47. The van der Waals surface area contributed by atoms with Crippen molar-refractivity contribution < 1.29 is 9.53 Å². The van der Waals surface area contributed by atoms with E-state index in [4.69, 9.17) is 4.74 Å². The number of methoxy groups -OCH3 is 1. The predicted molar refractivity (Wildman–Crippen MR) is 113 cm³/mol. The normalized spacial score (nSPS) is 10.9. The van der Waals surface area contributed by atoms with E-state index in [0.29, 0.717) is 11.3 Å². The number of hydrogen-bond donors (Lipinski definition) is 2. The fraction of sp³-hybridized carbons (Fsp3) is 0.190. The molecule has 8 heteroatoms. The van der Waals surface area contributed by atoms with E-state index in [-0.39, 0.29) is 18.0 Å². The summed E-state index contributed by atoms with van der Waals surface area (Å²) in [5, 5.41) is 6.99. The number of nitrogens with one attached hydrogen (secondary N) is 2. The van der Waals surface area contributed by atoms with Crippen molar-refractivity contribution in [2.45, 2.75) is 6.92 Å². The molecule has 0 atom stereocenters. The molecule has 0 radical (unpaired) electrons. The Balaban J connectivity index is 1.64. The highest BCUT2D eigenvalue weighted by atomic mass is 16.5. The highest BCUT2D eigenvalue weighted by molar-refractivity contribution is 5.84. The van der Waals surface area contributed by atoms with E-state index in [1.165, 1.54) is 6.21 Å². The van der Waals surface area contributed by atoms with E-state index >= 15 is 0 Å². The van der Waals surface area contributed by atoms with Gasteiger partial charge in [-0.1, -0.05) is 18.2 Å². The van der Waals surface area contributed by atoms with Gasteiger partial charge < -0.3 is 10.1 Å². The second-order valence-corrected chi connectivity index (χ2v) is 6.36. The Hall–Kier alpha value is -3.81. The molecule has 0 bridgehead atoms. The number of carbonyl (C=O) groups excluding carboxylic acids is 1. The Morgan fingerprint density at radius 1 is 1.14 bits per heavy atom. The summed E-state index contributed by atoms with van der Waals surface area (Å²) in [4.78, 5) is 24.6. The third-order valence-electron chi connectivity index (χ3n) is 4.47. The quantitative estimate of drug-likeness (QED) is 0.475. The van der Waals surface area contributed by atoms with E-state index in [0.717, 1.165) is 17.1 Å². The molecule has 0 unspecified atom stereocenters. The number of nitrogens with zero attached hydrogens (tertiary/aromatic N) is 3. The summed E-state index contributed by atoms with van der Waals surface area (Å²) in [6.45, 7) is 1.79. The Bertz CT molecular complexity index is 1070. The number of aromatic nitrogens is 2. The van der Waals surface area contributed by atoms with Gasteiger partial charge in [0.05, 0.1) is 31.3 Å². The van der Waals surface area contributed by atoms with E-state index in [2.05, 4.69) is 15.8 Å². The highest BCUT2D eigenvalue weighted by Gasteiger charge is 2.14. The zero-order valence-corrected chi connectivity index (χ0v) is 16.5. The van der Waals surface area contributed by atoms with Crippen LogP contribution < -0.4 is 21.0 Å². The van der Waals surface area contributed by atoms with Crippen molar-refractivity contribution in [3.05, 3.63) is 76.2 Å². The van der Waals surface area contributed by atoms with Crippen molar-refractivity contribution in [1.82, 2.24) is 14.8 Å². The molecule has 29 heavy (non-hydrogen) atoms. The summed E-state index contributed by atoms with van der Waals surface area (Å²) >= 11 is 0. The number of hydrogen-bond acceptors (Lipinski definition) is 5. The van der Waals surface area contributed by atoms with Gasteiger partial charge in [-0.2, -0.15) is 5.10 Å². The molecule has 1 aromatic heterocycles. The lowest BCUT2D eigenvalue weighted by Crippen LogP contribution is -2.26. The van der Waals surface area contributed by atoms with E-state index in [1.54, 1.807) is 42.6 Å². The first kappa shape index (κ1) is 19.9. The Labute approximate surface area is 168 Å². The maximum atomic E-state index is 12.6. The largest absolute Gasteiger partial charge is 0.497 e. The number of rotatable bonds is 7. The molecule has 0 aliphatic rings. The van der Waals surface area contributed by atoms with Gasteiger partial charge in [-0.3, -0.25) is 14.3 Å². The Morgan fingerprint density at radius 3 is 2.48 bits per heavy atom. The number of ether oxygens (including phenoxy) is 1. The average Bonchev–Trinajstić information content (AvgIpc) is 2.96. The van der Waals surface area contributed by atoms with Gasteiger partial charge in [-0.25, -0.2) is 10.1 Å². The van der Waals surface area contributed by atoms with Crippen molar-refractivity contribution in [3.8, 4) is 11.4 Å². The first-order chi connectivity index (χ1) is 14.0. The molecular weight excluding hydrogens is 370 g/mol. The summed E-state index contributed by atoms with van der Waals surface area (Å²) in [5.74, 6) is 0.440. The lowest BCUT2D eigenvalue weighted by atomic mass is 10.3. The van der Waals surface area contributed by atoms with Crippen LogP contribution in [0.5, 0.6) is 5.75 Å². The van der Waals surface area contributed by atoms with Gasteiger partial charge in [0.1, 0.15) is 5.75 Å². The van der Waals surface area contributed by atoms with E-state index in [9.17, 15) is 9.59 Å². The van der Waals surface area contributed by atoms with Gasteiger partial charge in [0.15, 0.2) is 0 Å². The zero-order valence-electron chi connectivity index (χ0n) is 16.5. The molecule has 2 N–H and O–H groups in total. The Morgan fingerprint density at radius 2 is 1.83 bits per heavy atom. The van der Waals surface area contributed by atoms with Gasteiger partial charge in [-0.15, -0.1) is 0 Å². The second kappa shape index (κ2) is 8.92. The molecule has 3 rings (SSSR count). The minimum Gasteiger partial charge on any atom is -0.497 e. The lowest BCUT2D eigenvalue weighted by molar-refractivity contribution is -0.119. The zero-order chi connectivity index (χ0) is 20.8. The van der Waals surface area contributed by atoms with Crippen LogP contribution in [0.25, 0.3) is 5.69 Å². The number of hydrazone groups is 1. The first-order valence-corrected chi connectivity index (χ1v) is 9.05. The van der Waals surface area contributed by atoms with Crippen LogP contribution in [-0.4, -0.2) is 35.1 Å². The molecule has 0 saturated carbocycles. The van der Waals surface area contributed by atoms with Crippen molar-refractivity contribution in [3.63, 3.8) is 0 Å². The summed E-state index contributed by atoms with van der Waals surface area (Å²) in [7, 11) is 3.37. The van der Waals surface area contributed by atoms with Gasteiger partial charge in [0.25, 0.3) is 11.5 Å². The molecule has 0 fully saturated rings. The van der Waals surface area contributed by atoms with Crippen LogP contribution in [0.2, 0.25) is 0 Å². The van der Waals surface area contributed by atoms with Gasteiger partial charge in [0, 0.05) is 18.3 Å². The van der Waals surface area contributed by atoms with E-state index in [1.807, 2.05) is 42.5 Å². The van der Waals surface area contributed by atoms with Crippen LogP contribution in [0.4, 0.5) is 5.69 Å². The number of anilines is 1. The SMILES string of the molecule is COc1ccc(NCC(=O)N/N=C\c2c(C)c(=O)n(-c3ccccc3)n2C)cc1.